The van der Waals surface area contributed by atoms with Crippen LogP contribution >= 0.6 is 0 Å². The molecule has 1 aromatic rings. The van der Waals surface area contributed by atoms with Gasteiger partial charge in [0.2, 0.25) is 0 Å². The molecule has 2 unspecified atom stereocenters. The molecule has 15 heavy (non-hydrogen) atoms. The molecule has 1 aromatic carbocycles. The molecule has 0 bridgehead atoms. The molecule has 0 aromatic heterocycles. The van der Waals surface area contributed by atoms with Crippen LogP contribution in [0.2, 0.25) is 0 Å². The van der Waals surface area contributed by atoms with Crippen molar-refractivity contribution in [3.63, 3.8) is 0 Å². The van der Waals surface area contributed by atoms with Gasteiger partial charge in [0.1, 0.15) is 11.6 Å². The van der Waals surface area contributed by atoms with Crippen molar-refractivity contribution in [2.75, 3.05) is 13.2 Å². The predicted molar refractivity (Wildman–Crippen MR) is 52.5 cm³/mol. The first-order chi connectivity index (χ1) is 7.16. The lowest BCUT2D eigenvalue weighted by atomic mass is 10.1. The highest BCUT2D eigenvalue weighted by molar-refractivity contribution is 5.22. The molecule has 82 valence electrons. The number of ether oxygens (including phenoxy) is 1. The van der Waals surface area contributed by atoms with Crippen LogP contribution in [0.4, 0.5) is 8.78 Å². The maximum absolute atomic E-state index is 13.4. The number of hydrogen-bond acceptors (Lipinski definition) is 2. The second-order valence-electron chi connectivity index (χ2n) is 3.77. The molecule has 1 saturated heterocycles. The Morgan fingerprint density at radius 1 is 1.40 bits per heavy atom. The highest BCUT2D eigenvalue weighted by Crippen LogP contribution is 2.21. The minimum absolute atomic E-state index is 0.123. The third kappa shape index (κ3) is 2.33. The second-order valence-corrected chi connectivity index (χ2v) is 3.77. The molecule has 1 aliphatic rings. The maximum Gasteiger partial charge on any atom is 0.128 e. The van der Waals surface area contributed by atoms with Crippen molar-refractivity contribution < 1.29 is 13.5 Å². The number of hydrogen-bond donors (Lipinski definition) is 1. The Labute approximate surface area is 87.2 Å². The highest BCUT2D eigenvalue weighted by Gasteiger charge is 2.22. The molecule has 0 amide bonds. The van der Waals surface area contributed by atoms with Crippen LogP contribution in [0.25, 0.3) is 0 Å². The van der Waals surface area contributed by atoms with Gasteiger partial charge in [-0.3, -0.25) is 0 Å². The summed E-state index contributed by atoms with van der Waals surface area (Å²) >= 11 is 0. The van der Waals surface area contributed by atoms with E-state index in [-0.39, 0.29) is 12.1 Å². The molecule has 1 fully saturated rings. The molecule has 0 spiro atoms. The van der Waals surface area contributed by atoms with Gasteiger partial charge in [-0.2, -0.15) is 0 Å². The second kappa shape index (κ2) is 4.24. The van der Waals surface area contributed by atoms with Gasteiger partial charge in [0.25, 0.3) is 0 Å². The predicted octanol–water partition coefficient (Wildman–Crippen LogP) is 2.01. The zero-order valence-corrected chi connectivity index (χ0v) is 8.47. The van der Waals surface area contributed by atoms with Gasteiger partial charge >= 0.3 is 0 Å². The van der Waals surface area contributed by atoms with E-state index in [0.29, 0.717) is 18.7 Å². The van der Waals surface area contributed by atoms with Crippen molar-refractivity contribution >= 4 is 0 Å². The van der Waals surface area contributed by atoms with Crippen LogP contribution in [0.3, 0.4) is 0 Å². The van der Waals surface area contributed by atoms with Crippen LogP contribution in [0.5, 0.6) is 0 Å². The molecule has 2 nitrogen and oxygen atoms in total. The zero-order valence-electron chi connectivity index (χ0n) is 8.47. The van der Waals surface area contributed by atoms with Crippen molar-refractivity contribution in [2.24, 2.45) is 0 Å². The van der Waals surface area contributed by atoms with Crippen LogP contribution < -0.4 is 5.32 Å². The van der Waals surface area contributed by atoms with Crippen molar-refractivity contribution in [2.45, 2.75) is 19.1 Å². The quantitative estimate of drug-likeness (QED) is 0.770. The van der Waals surface area contributed by atoms with Gasteiger partial charge < -0.3 is 10.1 Å². The van der Waals surface area contributed by atoms with Gasteiger partial charge in [-0.1, -0.05) is 0 Å². The summed E-state index contributed by atoms with van der Waals surface area (Å²) < 4.78 is 31.7. The summed E-state index contributed by atoms with van der Waals surface area (Å²) in [4.78, 5) is 0. The molecule has 2 atom stereocenters. The molecule has 0 saturated carbocycles. The SMILES string of the molecule is CC1CNC(c2cc(F)ccc2F)CO1. The van der Waals surface area contributed by atoms with E-state index in [0.717, 1.165) is 12.1 Å². The van der Waals surface area contributed by atoms with E-state index in [1.807, 2.05) is 6.92 Å². The number of rotatable bonds is 1. The Morgan fingerprint density at radius 2 is 2.20 bits per heavy atom. The third-order valence-electron chi connectivity index (χ3n) is 2.53. The first-order valence-electron chi connectivity index (χ1n) is 4.97. The Morgan fingerprint density at radius 3 is 2.87 bits per heavy atom. The first-order valence-corrected chi connectivity index (χ1v) is 4.97. The minimum atomic E-state index is -0.424. The van der Waals surface area contributed by atoms with E-state index in [9.17, 15) is 8.78 Å². The smallest absolute Gasteiger partial charge is 0.128 e. The lowest BCUT2D eigenvalue weighted by molar-refractivity contribution is 0.0141. The first kappa shape index (κ1) is 10.5. The largest absolute Gasteiger partial charge is 0.375 e. The Kier molecular flexibility index (Phi) is 2.98. The van der Waals surface area contributed by atoms with Gasteiger partial charge in [0.05, 0.1) is 18.8 Å². The van der Waals surface area contributed by atoms with Gasteiger partial charge in [-0.15, -0.1) is 0 Å². The average molecular weight is 213 g/mol. The lowest BCUT2D eigenvalue weighted by Crippen LogP contribution is -2.40. The molecule has 4 heteroatoms. The fraction of sp³-hybridized carbons (Fsp3) is 0.455. The molecule has 0 radical (unpaired) electrons. The van der Waals surface area contributed by atoms with Crippen molar-refractivity contribution in [1.29, 1.82) is 0 Å². The van der Waals surface area contributed by atoms with E-state index in [2.05, 4.69) is 5.32 Å². The zero-order chi connectivity index (χ0) is 10.8. The van der Waals surface area contributed by atoms with Crippen LogP contribution in [-0.2, 0) is 4.74 Å². The summed E-state index contributed by atoms with van der Waals surface area (Å²) in [6.07, 6.45) is 0.123. The molecule has 2 rings (SSSR count). The summed E-state index contributed by atoms with van der Waals surface area (Å²) in [5.74, 6) is -0.820. The van der Waals surface area contributed by atoms with E-state index < -0.39 is 11.6 Å². The number of nitrogens with one attached hydrogen (secondary N) is 1. The van der Waals surface area contributed by atoms with E-state index >= 15 is 0 Å². The molecular weight excluding hydrogens is 200 g/mol. The van der Waals surface area contributed by atoms with Crippen LogP contribution in [-0.4, -0.2) is 19.3 Å². The molecule has 0 aliphatic carbocycles. The molecule has 1 heterocycles. The van der Waals surface area contributed by atoms with Crippen molar-refractivity contribution in [3.05, 3.63) is 35.4 Å². The lowest BCUT2D eigenvalue weighted by Gasteiger charge is -2.28. The fourth-order valence-electron chi connectivity index (χ4n) is 1.67. The van der Waals surface area contributed by atoms with Gasteiger partial charge in [0, 0.05) is 12.1 Å². The normalized spacial score (nSPS) is 26.6. The summed E-state index contributed by atoms with van der Waals surface area (Å²) in [6, 6.07) is 3.22. The van der Waals surface area contributed by atoms with E-state index in [4.69, 9.17) is 4.74 Å². The highest BCUT2D eigenvalue weighted by atomic mass is 19.1. The number of morpholine rings is 1. The van der Waals surface area contributed by atoms with Gasteiger partial charge in [-0.05, 0) is 25.1 Å². The topological polar surface area (TPSA) is 21.3 Å². The fourth-order valence-corrected chi connectivity index (χ4v) is 1.67. The maximum atomic E-state index is 13.4. The van der Waals surface area contributed by atoms with Crippen molar-refractivity contribution in [1.82, 2.24) is 5.32 Å². The van der Waals surface area contributed by atoms with Crippen LogP contribution in [0.1, 0.15) is 18.5 Å². The van der Waals surface area contributed by atoms with Gasteiger partial charge in [-0.25, -0.2) is 8.78 Å². The van der Waals surface area contributed by atoms with Crippen LogP contribution in [0.15, 0.2) is 18.2 Å². The number of halogens is 2. The van der Waals surface area contributed by atoms with E-state index in [1.165, 1.54) is 6.07 Å². The number of benzene rings is 1. The molecular formula is C11H13F2NO. The Balaban J connectivity index is 2.18. The summed E-state index contributed by atoms with van der Waals surface area (Å²) in [5.41, 5.74) is 0.335. The Hall–Kier alpha value is -1.00. The molecule has 1 aliphatic heterocycles. The van der Waals surface area contributed by atoms with E-state index in [1.54, 1.807) is 0 Å². The minimum Gasteiger partial charge on any atom is -0.375 e. The standard InChI is InChI=1S/C11H13F2NO/c1-7-5-14-11(6-15-7)9-4-8(12)2-3-10(9)13/h2-4,7,11,14H,5-6H2,1H3. The third-order valence-corrected chi connectivity index (χ3v) is 2.53. The monoisotopic (exact) mass is 213 g/mol. The van der Waals surface area contributed by atoms with Gasteiger partial charge in [0.15, 0.2) is 0 Å². The van der Waals surface area contributed by atoms with Crippen LogP contribution in [0, 0.1) is 11.6 Å². The summed E-state index contributed by atoms with van der Waals surface area (Å²) in [6.45, 7) is 2.97. The summed E-state index contributed by atoms with van der Waals surface area (Å²) in [5, 5.41) is 3.12. The average Bonchev–Trinajstić information content (AvgIpc) is 2.23. The Bertz CT molecular complexity index is 348. The summed E-state index contributed by atoms with van der Waals surface area (Å²) in [7, 11) is 0. The molecule has 1 N–H and O–H groups in total. The van der Waals surface area contributed by atoms with Crippen molar-refractivity contribution in [3.8, 4) is 0 Å².